The molecule has 0 spiro atoms. The maximum atomic E-state index is 13.3. The number of aromatic nitrogens is 2. The zero-order valence-electron chi connectivity index (χ0n) is 14.9. The monoisotopic (exact) mass is 363 g/mol. The molecule has 3 aromatic rings. The van der Waals surface area contributed by atoms with Gasteiger partial charge in [-0.2, -0.15) is 0 Å². The van der Waals surface area contributed by atoms with Gasteiger partial charge >= 0.3 is 0 Å². The van der Waals surface area contributed by atoms with E-state index in [9.17, 15) is 4.79 Å². The Morgan fingerprint density at radius 2 is 2.08 bits per heavy atom. The highest BCUT2D eigenvalue weighted by atomic mass is 32.1. The second kappa shape index (κ2) is 6.65. The second-order valence-corrected chi connectivity index (χ2v) is 7.86. The van der Waals surface area contributed by atoms with Gasteiger partial charge in [0.25, 0.3) is 0 Å². The number of hydrogen-bond acceptors (Lipinski definition) is 4. The molecule has 0 aliphatic heterocycles. The van der Waals surface area contributed by atoms with Gasteiger partial charge in [0.2, 0.25) is 11.0 Å². The molecular formula is C21H21N3OS. The summed E-state index contributed by atoms with van der Waals surface area (Å²) in [5.74, 6) is 0.0236. The molecule has 1 aliphatic carbocycles. The van der Waals surface area contributed by atoms with Crippen LogP contribution in [0.4, 0.5) is 5.13 Å². The molecule has 132 valence electrons. The van der Waals surface area contributed by atoms with Crippen LogP contribution in [0.15, 0.2) is 54.0 Å². The Balaban J connectivity index is 1.79. The van der Waals surface area contributed by atoms with Crippen molar-refractivity contribution in [1.82, 2.24) is 10.2 Å². The van der Waals surface area contributed by atoms with Gasteiger partial charge in [0, 0.05) is 5.92 Å². The molecule has 4 nitrogen and oxygen atoms in total. The molecule has 0 bridgehead atoms. The van der Waals surface area contributed by atoms with Crippen LogP contribution in [0.2, 0.25) is 0 Å². The van der Waals surface area contributed by atoms with Crippen LogP contribution in [0.3, 0.4) is 0 Å². The zero-order valence-corrected chi connectivity index (χ0v) is 15.7. The van der Waals surface area contributed by atoms with Gasteiger partial charge in [0.1, 0.15) is 5.51 Å². The molecule has 1 aliphatic rings. The number of fused-ring (bicyclic) bond motifs is 1. The van der Waals surface area contributed by atoms with Crippen LogP contribution in [-0.2, 0) is 17.6 Å². The Morgan fingerprint density at radius 1 is 1.27 bits per heavy atom. The van der Waals surface area contributed by atoms with Gasteiger partial charge in [-0.05, 0) is 42.0 Å². The van der Waals surface area contributed by atoms with Crippen LogP contribution in [0.1, 0.15) is 42.0 Å². The van der Waals surface area contributed by atoms with Gasteiger partial charge in [-0.25, -0.2) is 0 Å². The van der Waals surface area contributed by atoms with Gasteiger partial charge in [-0.1, -0.05) is 66.8 Å². The lowest BCUT2D eigenvalue weighted by molar-refractivity contribution is -0.125. The number of nitrogens with one attached hydrogen (secondary N) is 1. The minimum Gasteiger partial charge on any atom is -0.300 e. The van der Waals surface area contributed by atoms with E-state index < -0.39 is 5.41 Å². The number of rotatable bonds is 4. The Bertz CT molecular complexity index is 924. The molecule has 0 radical (unpaired) electrons. The summed E-state index contributed by atoms with van der Waals surface area (Å²) in [4.78, 5) is 13.3. The number of anilines is 1. The Hall–Kier alpha value is -2.53. The third kappa shape index (κ3) is 2.82. The average molecular weight is 363 g/mol. The number of nitrogens with zero attached hydrogens (tertiary/aromatic N) is 2. The van der Waals surface area contributed by atoms with Crippen molar-refractivity contribution in [2.45, 2.75) is 32.6 Å². The molecule has 2 atom stereocenters. The fourth-order valence-electron chi connectivity index (χ4n) is 4.01. The molecule has 5 heteroatoms. The first-order valence-corrected chi connectivity index (χ1v) is 9.74. The van der Waals surface area contributed by atoms with Crippen molar-refractivity contribution >= 4 is 22.4 Å². The number of hydrogen-bond donors (Lipinski definition) is 1. The maximum absolute atomic E-state index is 13.3. The molecule has 4 rings (SSSR count). The topological polar surface area (TPSA) is 54.9 Å². The molecular weight excluding hydrogens is 342 g/mol. The molecule has 1 N–H and O–H groups in total. The highest BCUT2D eigenvalue weighted by Gasteiger charge is 2.48. The molecule has 2 unspecified atom stereocenters. The maximum Gasteiger partial charge on any atom is 0.233 e. The first-order valence-electron chi connectivity index (χ1n) is 8.86. The van der Waals surface area contributed by atoms with Crippen LogP contribution in [0, 0.1) is 5.41 Å². The molecule has 1 aromatic heterocycles. The molecule has 0 fully saturated rings. The minimum atomic E-state index is -0.568. The van der Waals surface area contributed by atoms with Crippen molar-refractivity contribution in [2.75, 3.05) is 5.32 Å². The smallest absolute Gasteiger partial charge is 0.233 e. The van der Waals surface area contributed by atoms with E-state index in [2.05, 4.69) is 59.7 Å². The average Bonchev–Trinajstić information content (AvgIpc) is 3.27. The quantitative estimate of drug-likeness (QED) is 0.746. The first kappa shape index (κ1) is 16.9. The van der Waals surface area contributed by atoms with Gasteiger partial charge in [-0.3, -0.25) is 4.79 Å². The van der Waals surface area contributed by atoms with Crippen molar-refractivity contribution in [1.29, 1.82) is 0 Å². The summed E-state index contributed by atoms with van der Waals surface area (Å²) in [6.07, 6.45) is 1.71. The molecule has 0 saturated heterocycles. The number of carbonyl (C=O) groups is 1. The summed E-state index contributed by atoms with van der Waals surface area (Å²) in [5, 5.41) is 11.3. The van der Waals surface area contributed by atoms with Crippen molar-refractivity contribution in [3.05, 3.63) is 76.3 Å². The van der Waals surface area contributed by atoms with Crippen LogP contribution in [0.25, 0.3) is 0 Å². The lowest BCUT2D eigenvalue weighted by Gasteiger charge is -2.31. The summed E-state index contributed by atoms with van der Waals surface area (Å²) in [7, 11) is 0. The molecule has 0 saturated carbocycles. The van der Waals surface area contributed by atoms with E-state index in [1.54, 1.807) is 5.51 Å². The van der Waals surface area contributed by atoms with E-state index in [0.29, 0.717) is 5.13 Å². The van der Waals surface area contributed by atoms with E-state index in [4.69, 9.17) is 0 Å². The summed E-state index contributed by atoms with van der Waals surface area (Å²) in [6.45, 7) is 4.22. The summed E-state index contributed by atoms with van der Waals surface area (Å²) >= 11 is 1.34. The van der Waals surface area contributed by atoms with Crippen molar-refractivity contribution < 1.29 is 4.79 Å². The van der Waals surface area contributed by atoms with Crippen molar-refractivity contribution in [3.8, 4) is 0 Å². The molecule has 26 heavy (non-hydrogen) atoms. The summed E-state index contributed by atoms with van der Waals surface area (Å²) < 4.78 is 0. The van der Waals surface area contributed by atoms with E-state index in [1.807, 2.05) is 18.2 Å². The largest absolute Gasteiger partial charge is 0.300 e. The Morgan fingerprint density at radius 3 is 2.77 bits per heavy atom. The van der Waals surface area contributed by atoms with Gasteiger partial charge in [0.15, 0.2) is 0 Å². The lowest BCUT2D eigenvalue weighted by atomic mass is 9.73. The van der Waals surface area contributed by atoms with Crippen LogP contribution >= 0.6 is 11.3 Å². The third-order valence-corrected chi connectivity index (χ3v) is 5.96. The fourth-order valence-corrected chi connectivity index (χ4v) is 4.45. The minimum absolute atomic E-state index is 0.00245. The summed E-state index contributed by atoms with van der Waals surface area (Å²) in [6, 6.07) is 17.0. The van der Waals surface area contributed by atoms with Crippen molar-refractivity contribution in [2.24, 2.45) is 5.41 Å². The van der Waals surface area contributed by atoms with Crippen LogP contribution < -0.4 is 5.32 Å². The van der Waals surface area contributed by atoms with Crippen LogP contribution in [-0.4, -0.2) is 16.1 Å². The van der Waals surface area contributed by atoms with Gasteiger partial charge < -0.3 is 5.32 Å². The van der Waals surface area contributed by atoms with E-state index in [1.165, 1.54) is 33.6 Å². The Kier molecular flexibility index (Phi) is 4.32. The number of aryl methyl sites for hydroxylation is 1. The zero-order chi connectivity index (χ0) is 18.1. The molecule has 1 heterocycles. The molecule has 2 aromatic carbocycles. The van der Waals surface area contributed by atoms with Crippen molar-refractivity contribution in [3.63, 3.8) is 0 Å². The fraction of sp³-hybridized carbons (Fsp3) is 0.286. The number of carbonyl (C=O) groups excluding carboxylic acids is 1. The predicted octanol–water partition coefficient (Wildman–Crippen LogP) is 4.43. The SMILES string of the molecule is CCc1ccc2c(c1)C(c1ccccc1)C(C)(C(=O)Nc1nncs1)C2. The van der Waals surface area contributed by atoms with Crippen LogP contribution in [0.5, 0.6) is 0 Å². The standard InChI is InChI=1S/C21H21N3OS/c1-3-14-9-10-16-12-21(2,19(25)23-20-24-22-13-26-20)18(17(16)11-14)15-7-5-4-6-8-15/h4-11,13,18H,3,12H2,1-2H3,(H,23,24,25). The lowest BCUT2D eigenvalue weighted by Crippen LogP contribution is -2.37. The highest BCUT2D eigenvalue weighted by Crippen LogP contribution is 2.51. The van der Waals surface area contributed by atoms with E-state index in [-0.39, 0.29) is 11.8 Å². The highest BCUT2D eigenvalue weighted by molar-refractivity contribution is 7.13. The van der Waals surface area contributed by atoms with Gasteiger partial charge in [-0.15, -0.1) is 10.2 Å². The predicted molar refractivity (Wildman–Crippen MR) is 104 cm³/mol. The second-order valence-electron chi connectivity index (χ2n) is 7.02. The molecule has 1 amide bonds. The first-order chi connectivity index (χ1) is 12.6. The van der Waals surface area contributed by atoms with Gasteiger partial charge in [0.05, 0.1) is 5.41 Å². The van der Waals surface area contributed by atoms with E-state index in [0.717, 1.165) is 12.8 Å². The van der Waals surface area contributed by atoms with E-state index >= 15 is 0 Å². The number of amides is 1. The third-order valence-electron chi connectivity index (χ3n) is 5.36. The summed E-state index contributed by atoms with van der Waals surface area (Å²) in [5.41, 5.74) is 6.06. The normalized spacial score (nSPS) is 21.4. The Labute approximate surface area is 157 Å². The number of benzene rings is 2.